The van der Waals surface area contributed by atoms with E-state index in [1.165, 1.54) is 25.1 Å². The van der Waals surface area contributed by atoms with Crippen LogP contribution in [0.1, 0.15) is 25.8 Å². The number of nitrogens with one attached hydrogen (secondary N) is 1. The Morgan fingerprint density at radius 3 is 3.12 bits per heavy atom. The second-order valence-electron chi connectivity index (χ2n) is 5.15. The highest BCUT2D eigenvalue weighted by Crippen LogP contribution is 2.14. The topological polar surface area (TPSA) is 15.3 Å². The van der Waals surface area contributed by atoms with Crippen LogP contribution in [0.2, 0.25) is 0 Å². The third-order valence-electron chi connectivity index (χ3n) is 3.08. The Hall–Kier alpha value is -0.380. The lowest BCUT2D eigenvalue weighted by Gasteiger charge is -2.34. The zero-order valence-electron chi connectivity index (χ0n) is 10.3. The fourth-order valence-electron chi connectivity index (χ4n) is 2.41. The Morgan fingerprint density at radius 2 is 2.44 bits per heavy atom. The zero-order valence-corrected chi connectivity index (χ0v) is 11.1. The van der Waals surface area contributed by atoms with Crippen LogP contribution < -0.4 is 5.32 Å². The summed E-state index contributed by atoms with van der Waals surface area (Å²) in [5.41, 5.74) is 1.47. The minimum Gasteiger partial charge on any atom is -0.311 e. The zero-order chi connectivity index (χ0) is 11.4. The average Bonchev–Trinajstić information content (AvgIpc) is 2.70. The Labute approximate surface area is 103 Å². The number of hydrogen-bond donors (Lipinski definition) is 1. The second kappa shape index (κ2) is 5.80. The first-order valence-corrected chi connectivity index (χ1v) is 7.15. The number of nitrogens with zero attached hydrogens (tertiary/aromatic N) is 1. The maximum Gasteiger partial charge on any atom is 0.0243 e. The lowest BCUT2D eigenvalue weighted by atomic mass is 10.0. The van der Waals surface area contributed by atoms with Crippen LogP contribution in [0.5, 0.6) is 0 Å². The predicted octanol–water partition coefficient (Wildman–Crippen LogP) is 2.57. The molecule has 90 valence electrons. The van der Waals surface area contributed by atoms with Crippen LogP contribution in [-0.4, -0.2) is 30.6 Å². The van der Waals surface area contributed by atoms with Gasteiger partial charge in [0.15, 0.2) is 0 Å². The van der Waals surface area contributed by atoms with Gasteiger partial charge in [0, 0.05) is 32.2 Å². The van der Waals surface area contributed by atoms with Gasteiger partial charge < -0.3 is 5.32 Å². The van der Waals surface area contributed by atoms with E-state index in [2.05, 4.69) is 40.9 Å². The third-order valence-corrected chi connectivity index (χ3v) is 3.81. The van der Waals surface area contributed by atoms with E-state index in [-0.39, 0.29) is 0 Å². The van der Waals surface area contributed by atoms with Crippen molar-refractivity contribution in [2.24, 2.45) is 5.92 Å². The van der Waals surface area contributed by atoms with E-state index in [0.717, 1.165) is 19.0 Å². The molecule has 0 bridgehead atoms. The van der Waals surface area contributed by atoms with Gasteiger partial charge in [-0.2, -0.15) is 11.3 Å². The van der Waals surface area contributed by atoms with Gasteiger partial charge >= 0.3 is 0 Å². The summed E-state index contributed by atoms with van der Waals surface area (Å²) in [5.74, 6) is 0.790. The quantitative estimate of drug-likeness (QED) is 0.867. The van der Waals surface area contributed by atoms with E-state index in [0.29, 0.717) is 6.04 Å². The molecule has 0 spiro atoms. The summed E-state index contributed by atoms with van der Waals surface area (Å²) < 4.78 is 0. The number of thiophene rings is 1. The minimum atomic E-state index is 0.687. The molecule has 3 heteroatoms. The number of hydrogen-bond acceptors (Lipinski definition) is 3. The molecule has 2 heterocycles. The molecule has 0 radical (unpaired) electrons. The van der Waals surface area contributed by atoms with Crippen LogP contribution in [-0.2, 0) is 6.54 Å². The summed E-state index contributed by atoms with van der Waals surface area (Å²) in [6.07, 6.45) is 1.29. The highest BCUT2D eigenvalue weighted by Gasteiger charge is 2.19. The Balaban J connectivity index is 1.82. The van der Waals surface area contributed by atoms with E-state index in [9.17, 15) is 0 Å². The van der Waals surface area contributed by atoms with Gasteiger partial charge in [-0.25, -0.2) is 0 Å². The molecule has 1 unspecified atom stereocenters. The van der Waals surface area contributed by atoms with Crippen LogP contribution >= 0.6 is 11.3 Å². The first-order valence-electron chi connectivity index (χ1n) is 6.21. The van der Waals surface area contributed by atoms with Gasteiger partial charge in [0.05, 0.1) is 0 Å². The summed E-state index contributed by atoms with van der Waals surface area (Å²) in [4.78, 5) is 2.58. The highest BCUT2D eigenvalue weighted by molar-refractivity contribution is 7.07. The van der Waals surface area contributed by atoms with Crippen molar-refractivity contribution >= 4 is 11.3 Å². The lowest BCUT2D eigenvalue weighted by Crippen LogP contribution is -2.50. The molecule has 1 fully saturated rings. The molecular weight excluding hydrogens is 216 g/mol. The largest absolute Gasteiger partial charge is 0.311 e. The molecule has 1 N–H and O–H groups in total. The molecule has 0 saturated carbocycles. The molecule has 0 amide bonds. The Bertz CT molecular complexity index is 295. The van der Waals surface area contributed by atoms with Crippen LogP contribution in [0.3, 0.4) is 0 Å². The van der Waals surface area contributed by atoms with E-state index in [1.807, 2.05) is 0 Å². The van der Waals surface area contributed by atoms with Gasteiger partial charge in [0.1, 0.15) is 0 Å². The standard InChI is InChI=1S/C13H22N2S/c1-11(2)7-13-9-15(5-4-14-13)8-12-3-6-16-10-12/h3,6,10-11,13-14H,4-5,7-9H2,1-2H3. The molecule has 1 aromatic heterocycles. The Kier molecular flexibility index (Phi) is 4.38. The van der Waals surface area contributed by atoms with Gasteiger partial charge in [-0.1, -0.05) is 13.8 Å². The third kappa shape index (κ3) is 3.58. The summed E-state index contributed by atoms with van der Waals surface area (Å²) >= 11 is 1.80. The van der Waals surface area contributed by atoms with Crippen molar-refractivity contribution in [2.45, 2.75) is 32.9 Å². The minimum absolute atomic E-state index is 0.687. The van der Waals surface area contributed by atoms with E-state index >= 15 is 0 Å². The van der Waals surface area contributed by atoms with Gasteiger partial charge in [-0.15, -0.1) is 0 Å². The molecule has 0 aromatic carbocycles. The van der Waals surface area contributed by atoms with Crippen molar-refractivity contribution in [3.8, 4) is 0 Å². The maximum absolute atomic E-state index is 3.62. The summed E-state index contributed by atoms with van der Waals surface area (Å²) in [5, 5.41) is 8.05. The van der Waals surface area contributed by atoms with Crippen molar-refractivity contribution in [3.05, 3.63) is 22.4 Å². The van der Waals surface area contributed by atoms with Gasteiger partial charge in [-0.3, -0.25) is 4.90 Å². The van der Waals surface area contributed by atoms with Crippen LogP contribution in [0.15, 0.2) is 16.8 Å². The normalized spacial score (nSPS) is 22.8. The summed E-state index contributed by atoms with van der Waals surface area (Å²) in [6, 6.07) is 2.93. The first-order chi connectivity index (χ1) is 7.74. The van der Waals surface area contributed by atoms with Crippen molar-refractivity contribution < 1.29 is 0 Å². The van der Waals surface area contributed by atoms with Crippen molar-refractivity contribution in [3.63, 3.8) is 0 Å². The smallest absolute Gasteiger partial charge is 0.0243 e. The fraction of sp³-hybridized carbons (Fsp3) is 0.692. The Morgan fingerprint density at radius 1 is 1.56 bits per heavy atom. The maximum atomic E-state index is 3.62. The molecule has 16 heavy (non-hydrogen) atoms. The molecule has 1 aliphatic heterocycles. The molecule has 1 aliphatic rings. The van der Waals surface area contributed by atoms with Crippen molar-refractivity contribution in [1.29, 1.82) is 0 Å². The second-order valence-corrected chi connectivity index (χ2v) is 5.93. The molecule has 0 aliphatic carbocycles. The summed E-state index contributed by atoms with van der Waals surface area (Å²) in [7, 11) is 0. The monoisotopic (exact) mass is 238 g/mol. The lowest BCUT2D eigenvalue weighted by molar-refractivity contribution is 0.180. The molecule has 2 nitrogen and oxygen atoms in total. The van der Waals surface area contributed by atoms with Crippen LogP contribution in [0, 0.1) is 5.92 Å². The summed E-state index contributed by atoms with van der Waals surface area (Å²) in [6.45, 7) is 9.26. The predicted molar refractivity (Wildman–Crippen MR) is 70.8 cm³/mol. The van der Waals surface area contributed by atoms with E-state index < -0.39 is 0 Å². The van der Waals surface area contributed by atoms with Crippen LogP contribution in [0.25, 0.3) is 0 Å². The number of piperazine rings is 1. The molecule has 1 atom stereocenters. The number of rotatable bonds is 4. The van der Waals surface area contributed by atoms with Crippen molar-refractivity contribution in [2.75, 3.05) is 19.6 Å². The molecule has 2 rings (SSSR count). The van der Waals surface area contributed by atoms with Gasteiger partial charge in [-0.05, 0) is 34.7 Å². The van der Waals surface area contributed by atoms with E-state index in [4.69, 9.17) is 0 Å². The van der Waals surface area contributed by atoms with Crippen molar-refractivity contribution in [1.82, 2.24) is 10.2 Å². The van der Waals surface area contributed by atoms with Gasteiger partial charge in [0.2, 0.25) is 0 Å². The fourth-order valence-corrected chi connectivity index (χ4v) is 3.07. The van der Waals surface area contributed by atoms with Crippen LogP contribution in [0.4, 0.5) is 0 Å². The molecule has 1 saturated heterocycles. The molecular formula is C13H22N2S. The molecule has 1 aromatic rings. The first kappa shape index (κ1) is 12.1. The SMILES string of the molecule is CC(C)CC1CN(Cc2ccsc2)CCN1. The average molecular weight is 238 g/mol. The highest BCUT2D eigenvalue weighted by atomic mass is 32.1. The van der Waals surface area contributed by atoms with Gasteiger partial charge in [0.25, 0.3) is 0 Å². The van der Waals surface area contributed by atoms with E-state index in [1.54, 1.807) is 11.3 Å².